The number of aryl methyl sites for hydroxylation is 1. The first kappa shape index (κ1) is 27.7. The van der Waals surface area contributed by atoms with Crippen LogP contribution < -0.4 is 20.2 Å². The van der Waals surface area contributed by atoms with Crippen LogP contribution in [0.3, 0.4) is 0 Å². The fourth-order valence-electron chi connectivity index (χ4n) is 3.52. The number of halogens is 1. The van der Waals surface area contributed by atoms with Crippen LogP contribution in [-0.2, 0) is 17.8 Å². The highest BCUT2D eigenvalue weighted by Gasteiger charge is 2.15. The number of hydrogen-bond acceptors (Lipinski definition) is 8. The normalized spacial score (nSPS) is 10.8. The number of hydrogen-bond donors (Lipinski definition) is 2. The van der Waals surface area contributed by atoms with Gasteiger partial charge in [-0.2, -0.15) is 5.10 Å². The third kappa shape index (κ3) is 7.86. The van der Waals surface area contributed by atoms with Crippen molar-refractivity contribution in [2.45, 2.75) is 26.9 Å². The maximum absolute atomic E-state index is 12.5. The van der Waals surface area contributed by atoms with E-state index in [9.17, 15) is 9.59 Å². The molecule has 0 saturated carbocycles. The van der Waals surface area contributed by atoms with Gasteiger partial charge in [-0.25, -0.2) is 5.43 Å². The minimum absolute atomic E-state index is 0.0491. The van der Waals surface area contributed by atoms with E-state index in [1.165, 1.54) is 6.21 Å². The second-order valence-electron chi connectivity index (χ2n) is 8.28. The van der Waals surface area contributed by atoms with Crippen molar-refractivity contribution in [1.82, 2.24) is 15.6 Å². The number of hydrazone groups is 1. The molecule has 39 heavy (non-hydrogen) atoms. The lowest BCUT2D eigenvalue weighted by molar-refractivity contribution is -0.120. The molecule has 0 radical (unpaired) electrons. The highest BCUT2D eigenvalue weighted by Crippen LogP contribution is 2.37. The van der Waals surface area contributed by atoms with Gasteiger partial charge >= 0.3 is 0 Å². The number of nitrogens with zero attached hydrogens (tertiary/aromatic N) is 3. The van der Waals surface area contributed by atoms with Gasteiger partial charge in [-0.1, -0.05) is 71.5 Å². The predicted octanol–water partition coefficient (Wildman–Crippen LogP) is 5.42. The first-order valence-corrected chi connectivity index (χ1v) is 13.3. The third-order valence-corrected chi connectivity index (χ3v) is 6.47. The van der Waals surface area contributed by atoms with Crippen molar-refractivity contribution in [3.63, 3.8) is 0 Å². The molecule has 1 aromatic heterocycles. The average molecular weight is 564 g/mol. The summed E-state index contributed by atoms with van der Waals surface area (Å²) in [6.07, 6.45) is 1.41. The van der Waals surface area contributed by atoms with Crippen molar-refractivity contribution >= 4 is 46.1 Å². The standard InChI is InChI=1S/C28H26ClN5O4S/c1-3-37-23-14-20(13-22(29)26(23)38-17-19-10-5-4-6-11-19)16-30-32-24(35)15-25-33-34-28(39-25)31-27(36)21-12-8-7-9-18(21)2/h4-14,16H,3,15,17H2,1-2H3,(H,32,35)(H,31,34,36)/b30-16+. The number of carbonyl (C=O) groups excluding carboxylic acids is 2. The van der Waals surface area contributed by atoms with Crippen LogP contribution in [0.4, 0.5) is 5.13 Å². The Bertz CT molecular complexity index is 1480. The Hall–Kier alpha value is -4.28. The lowest BCUT2D eigenvalue weighted by atomic mass is 10.1. The van der Waals surface area contributed by atoms with E-state index in [-0.39, 0.29) is 12.3 Å². The van der Waals surface area contributed by atoms with E-state index in [0.29, 0.717) is 51.0 Å². The van der Waals surface area contributed by atoms with Crippen LogP contribution in [-0.4, -0.2) is 34.8 Å². The van der Waals surface area contributed by atoms with Gasteiger partial charge in [0.25, 0.3) is 5.91 Å². The van der Waals surface area contributed by atoms with Crippen molar-refractivity contribution in [1.29, 1.82) is 0 Å². The summed E-state index contributed by atoms with van der Waals surface area (Å²) in [5, 5.41) is 15.8. The van der Waals surface area contributed by atoms with Crippen molar-refractivity contribution in [2.24, 2.45) is 5.10 Å². The summed E-state index contributed by atoms with van der Waals surface area (Å²) in [5.41, 5.74) is 5.48. The number of nitrogens with one attached hydrogen (secondary N) is 2. The number of benzene rings is 3. The molecule has 4 aromatic rings. The molecule has 3 aromatic carbocycles. The summed E-state index contributed by atoms with van der Waals surface area (Å²) in [6.45, 7) is 4.48. The number of amides is 2. The molecule has 11 heteroatoms. The van der Waals surface area contributed by atoms with E-state index in [0.717, 1.165) is 22.5 Å². The van der Waals surface area contributed by atoms with Gasteiger partial charge in [-0.15, -0.1) is 10.2 Å². The van der Waals surface area contributed by atoms with Crippen molar-refractivity contribution in [3.8, 4) is 11.5 Å². The van der Waals surface area contributed by atoms with Crippen LogP contribution in [0, 0.1) is 6.92 Å². The first-order chi connectivity index (χ1) is 18.9. The zero-order chi connectivity index (χ0) is 27.6. The minimum Gasteiger partial charge on any atom is -0.490 e. The Labute approximate surface area is 234 Å². The van der Waals surface area contributed by atoms with Gasteiger partial charge in [0.2, 0.25) is 11.0 Å². The highest BCUT2D eigenvalue weighted by atomic mass is 35.5. The van der Waals surface area contributed by atoms with Gasteiger partial charge in [-0.3, -0.25) is 14.9 Å². The second-order valence-corrected chi connectivity index (χ2v) is 9.75. The molecule has 0 unspecified atom stereocenters. The summed E-state index contributed by atoms with van der Waals surface area (Å²) >= 11 is 7.59. The summed E-state index contributed by atoms with van der Waals surface area (Å²) in [7, 11) is 0. The Morgan fingerprint density at radius 1 is 1.05 bits per heavy atom. The molecule has 0 aliphatic heterocycles. The quantitative estimate of drug-likeness (QED) is 0.186. The SMILES string of the molecule is CCOc1cc(/C=N/NC(=O)Cc2nnc(NC(=O)c3ccccc3C)s2)cc(Cl)c1OCc1ccccc1. The average Bonchev–Trinajstić information content (AvgIpc) is 3.35. The van der Waals surface area contributed by atoms with Gasteiger partial charge < -0.3 is 9.47 Å². The topological polar surface area (TPSA) is 115 Å². The first-order valence-electron chi connectivity index (χ1n) is 12.1. The molecule has 0 fully saturated rings. The van der Waals surface area contributed by atoms with E-state index in [1.807, 2.05) is 56.3 Å². The molecule has 0 aliphatic rings. The van der Waals surface area contributed by atoms with Crippen molar-refractivity contribution < 1.29 is 19.1 Å². The zero-order valence-electron chi connectivity index (χ0n) is 21.3. The number of anilines is 1. The Morgan fingerprint density at radius 2 is 1.82 bits per heavy atom. The molecular weight excluding hydrogens is 538 g/mol. The van der Waals surface area contributed by atoms with Crippen LogP contribution in [0.1, 0.15) is 39.0 Å². The van der Waals surface area contributed by atoms with E-state index in [1.54, 1.807) is 24.3 Å². The largest absolute Gasteiger partial charge is 0.490 e. The maximum Gasteiger partial charge on any atom is 0.257 e. The molecule has 0 aliphatic carbocycles. The maximum atomic E-state index is 12.5. The fourth-order valence-corrected chi connectivity index (χ4v) is 4.53. The molecule has 2 amide bonds. The number of ether oxygens (including phenoxy) is 2. The predicted molar refractivity (Wildman–Crippen MR) is 152 cm³/mol. The summed E-state index contributed by atoms with van der Waals surface area (Å²) in [5.74, 6) is 0.234. The van der Waals surface area contributed by atoms with Gasteiger partial charge in [0.05, 0.1) is 24.3 Å². The Balaban J connectivity index is 1.33. The molecule has 2 N–H and O–H groups in total. The third-order valence-electron chi connectivity index (χ3n) is 5.35. The molecular formula is C28H26ClN5O4S. The Morgan fingerprint density at radius 3 is 2.59 bits per heavy atom. The molecule has 4 rings (SSSR count). The molecule has 0 atom stereocenters. The molecule has 0 saturated heterocycles. The van der Waals surface area contributed by atoms with Gasteiger partial charge in [0.15, 0.2) is 11.5 Å². The molecule has 1 heterocycles. The van der Waals surface area contributed by atoms with E-state index < -0.39 is 5.91 Å². The highest BCUT2D eigenvalue weighted by molar-refractivity contribution is 7.15. The summed E-state index contributed by atoms with van der Waals surface area (Å²) < 4.78 is 11.6. The zero-order valence-corrected chi connectivity index (χ0v) is 22.9. The molecule has 0 spiro atoms. The molecule has 0 bridgehead atoms. The van der Waals surface area contributed by atoms with Gasteiger partial charge in [0, 0.05) is 5.56 Å². The number of aromatic nitrogens is 2. The van der Waals surface area contributed by atoms with E-state index >= 15 is 0 Å². The van der Waals surface area contributed by atoms with Crippen molar-refractivity contribution in [2.75, 3.05) is 11.9 Å². The van der Waals surface area contributed by atoms with Crippen LogP contribution in [0.15, 0.2) is 71.8 Å². The molecule has 200 valence electrons. The minimum atomic E-state index is -0.391. The van der Waals surface area contributed by atoms with E-state index in [4.69, 9.17) is 21.1 Å². The fraction of sp³-hybridized carbons (Fsp3) is 0.179. The Kier molecular flexibility index (Phi) is 9.60. The van der Waals surface area contributed by atoms with Gasteiger partial charge in [-0.05, 0) is 48.7 Å². The monoisotopic (exact) mass is 563 g/mol. The van der Waals surface area contributed by atoms with Crippen LogP contribution in [0.5, 0.6) is 11.5 Å². The van der Waals surface area contributed by atoms with Crippen molar-refractivity contribution in [3.05, 3.63) is 99.0 Å². The molecule has 9 nitrogen and oxygen atoms in total. The lowest BCUT2D eigenvalue weighted by Crippen LogP contribution is -2.19. The van der Waals surface area contributed by atoms with Crippen LogP contribution in [0.2, 0.25) is 5.02 Å². The van der Waals surface area contributed by atoms with Gasteiger partial charge in [0.1, 0.15) is 11.6 Å². The van der Waals surface area contributed by atoms with Crippen LogP contribution in [0.25, 0.3) is 0 Å². The summed E-state index contributed by atoms with van der Waals surface area (Å²) in [4.78, 5) is 24.8. The second kappa shape index (κ2) is 13.5. The lowest BCUT2D eigenvalue weighted by Gasteiger charge is -2.14. The summed E-state index contributed by atoms with van der Waals surface area (Å²) in [6, 6.07) is 20.4. The van der Waals surface area contributed by atoms with E-state index in [2.05, 4.69) is 26.0 Å². The number of rotatable bonds is 11. The smallest absolute Gasteiger partial charge is 0.257 e. The number of carbonyl (C=O) groups is 2. The van der Waals surface area contributed by atoms with Crippen LogP contribution >= 0.6 is 22.9 Å².